The molecule has 0 radical (unpaired) electrons. The minimum atomic E-state index is -1.21. The maximum absolute atomic E-state index is 12.4. The van der Waals surface area contributed by atoms with Crippen LogP contribution >= 0.6 is 0 Å². The zero-order valence-electron chi connectivity index (χ0n) is 15.7. The number of aromatic carboxylic acids is 1. The Kier molecular flexibility index (Phi) is 7.79. The molecule has 1 heterocycles. The van der Waals surface area contributed by atoms with Crippen molar-refractivity contribution in [2.24, 2.45) is 0 Å². The average molecular weight is 371 g/mol. The van der Waals surface area contributed by atoms with Crippen molar-refractivity contribution in [3.8, 4) is 5.75 Å². The lowest BCUT2D eigenvalue weighted by atomic mass is 10.1. The molecule has 6 nitrogen and oxygen atoms in total. The highest BCUT2D eigenvalue weighted by Gasteiger charge is 2.20. The first-order valence-corrected chi connectivity index (χ1v) is 9.16. The number of carboxylic acid groups (broad SMARTS) is 1. The van der Waals surface area contributed by atoms with Crippen LogP contribution in [0.3, 0.4) is 0 Å². The van der Waals surface area contributed by atoms with E-state index in [2.05, 4.69) is 4.98 Å². The molecule has 0 aliphatic carbocycles. The zero-order chi connectivity index (χ0) is 19.6. The van der Waals surface area contributed by atoms with E-state index in [9.17, 15) is 14.7 Å². The minimum absolute atomic E-state index is 0.0448. The Bertz CT molecular complexity index is 754. The number of esters is 1. The van der Waals surface area contributed by atoms with Gasteiger partial charge in [0.1, 0.15) is 12.7 Å². The Morgan fingerprint density at radius 2 is 1.78 bits per heavy atom. The Balaban J connectivity index is 2.17. The molecule has 0 bridgehead atoms. The van der Waals surface area contributed by atoms with Crippen LogP contribution in [0.15, 0.2) is 42.6 Å². The molecule has 0 fully saturated rings. The quantitative estimate of drug-likeness (QED) is 0.620. The highest BCUT2D eigenvalue weighted by atomic mass is 16.5. The van der Waals surface area contributed by atoms with Crippen LogP contribution in [0, 0.1) is 0 Å². The van der Waals surface area contributed by atoms with Crippen molar-refractivity contribution in [3.63, 3.8) is 0 Å². The molecular weight excluding hydrogens is 346 g/mol. The molecule has 0 amide bonds. The Labute approximate surface area is 159 Å². The fourth-order valence-electron chi connectivity index (χ4n) is 2.69. The van der Waals surface area contributed by atoms with Gasteiger partial charge in [0.05, 0.1) is 5.56 Å². The Hall–Kier alpha value is -2.89. The van der Waals surface area contributed by atoms with E-state index >= 15 is 0 Å². The molecule has 0 saturated heterocycles. The number of carbonyl (C=O) groups is 2. The van der Waals surface area contributed by atoms with E-state index in [4.69, 9.17) is 9.47 Å². The van der Waals surface area contributed by atoms with Crippen LogP contribution in [0.2, 0.25) is 0 Å². The molecule has 1 aromatic carbocycles. The first-order chi connectivity index (χ1) is 13.0. The molecule has 0 saturated carbocycles. The fourth-order valence-corrected chi connectivity index (χ4v) is 2.69. The lowest BCUT2D eigenvalue weighted by Gasteiger charge is -2.17. The predicted octanol–water partition coefficient (Wildman–Crippen LogP) is 4.48. The first kappa shape index (κ1) is 20.4. The van der Waals surface area contributed by atoms with Gasteiger partial charge in [0.25, 0.3) is 0 Å². The lowest BCUT2D eigenvalue weighted by Crippen LogP contribution is -2.19. The minimum Gasteiger partial charge on any atom is -0.486 e. The van der Waals surface area contributed by atoms with Crippen molar-refractivity contribution in [1.82, 2.24) is 4.98 Å². The van der Waals surface area contributed by atoms with Crippen molar-refractivity contribution in [2.45, 2.75) is 52.2 Å². The summed E-state index contributed by atoms with van der Waals surface area (Å²) >= 11 is 0. The normalized spacial score (nSPS) is 10.6. The highest BCUT2D eigenvalue weighted by Crippen LogP contribution is 2.21. The van der Waals surface area contributed by atoms with E-state index in [1.807, 2.05) is 44.2 Å². The topological polar surface area (TPSA) is 85.7 Å². The number of ether oxygens (including phenoxy) is 2. The number of hydrogen-bond acceptors (Lipinski definition) is 5. The second-order valence-corrected chi connectivity index (χ2v) is 6.25. The first-order valence-electron chi connectivity index (χ1n) is 9.16. The average Bonchev–Trinajstić information content (AvgIpc) is 2.67. The number of carboxylic acids is 1. The zero-order valence-corrected chi connectivity index (χ0v) is 15.7. The van der Waals surface area contributed by atoms with Crippen LogP contribution in [0.25, 0.3) is 0 Å². The molecule has 2 aromatic rings. The molecule has 2 rings (SSSR count). The van der Waals surface area contributed by atoms with Crippen molar-refractivity contribution in [1.29, 1.82) is 0 Å². The van der Waals surface area contributed by atoms with E-state index in [0.717, 1.165) is 31.2 Å². The second-order valence-electron chi connectivity index (χ2n) is 6.25. The number of hydrogen-bond donors (Lipinski definition) is 1. The summed E-state index contributed by atoms with van der Waals surface area (Å²) in [6.07, 6.45) is 4.48. The molecule has 6 heteroatoms. The van der Waals surface area contributed by atoms with Gasteiger partial charge in [0.2, 0.25) is 0 Å². The summed E-state index contributed by atoms with van der Waals surface area (Å²) in [5, 5.41) is 9.32. The monoisotopic (exact) mass is 371 g/mol. The third-order valence-corrected chi connectivity index (χ3v) is 4.02. The molecule has 1 N–H and O–H groups in total. The summed E-state index contributed by atoms with van der Waals surface area (Å²) in [7, 11) is 0. The Morgan fingerprint density at radius 3 is 2.37 bits per heavy atom. The smallest absolute Gasteiger partial charge is 0.358 e. The van der Waals surface area contributed by atoms with Gasteiger partial charge in [-0.15, -0.1) is 0 Å². The molecular formula is C21H25NO5. The number of benzene rings is 1. The number of nitrogens with zero attached hydrogens (tertiary/aromatic N) is 1. The second kappa shape index (κ2) is 10.3. The van der Waals surface area contributed by atoms with E-state index in [-0.39, 0.29) is 29.7 Å². The maximum atomic E-state index is 12.4. The van der Waals surface area contributed by atoms with Crippen LogP contribution in [-0.4, -0.2) is 28.1 Å². The third-order valence-electron chi connectivity index (χ3n) is 4.02. The summed E-state index contributed by atoms with van der Waals surface area (Å²) in [5.74, 6) is -1.69. The molecule has 144 valence electrons. The molecule has 1 aromatic heterocycles. The van der Waals surface area contributed by atoms with Crippen molar-refractivity contribution in [2.75, 3.05) is 0 Å². The fraction of sp³-hybridized carbons (Fsp3) is 0.381. The van der Waals surface area contributed by atoms with Gasteiger partial charge in [-0.2, -0.15) is 0 Å². The summed E-state index contributed by atoms with van der Waals surface area (Å²) in [4.78, 5) is 27.7. The molecule has 0 atom stereocenters. The van der Waals surface area contributed by atoms with Gasteiger partial charge in [-0.1, -0.05) is 57.0 Å². The van der Waals surface area contributed by atoms with Crippen LogP contribution < -0.4 is 4.74 Å². The molecule has 0 aliphatic rings. The van der Waals surface area contributed by atoms with E-state index < -0.39 is 11.9 Å². The van der Waals surface area contributed by atoms with Gasteiger partial charge >= 0.3 is 11.9 Å². The van der Waals surface area contributed by atoms with Crippen LogP contribution in [0.5, 0.6) is 5.75 Å². The molecule has 27 heavy (non-hydrogen) atoms. The van der Waals surface area contributed by atoms with E-state index in [0.29, 0.717) is 0 Å². The van der Waals surface area contributed by atoms with Gasteiger partial charge in [-0.3, -0.25) is 0 Å². The molecule has 0 spiro atoms. The highest BCUT2D eigenvalue weighted by molar-refractivity contribution is 5.93. The Morgan fingerprint density at radius 1 is 1.11 bits per heavy atom. The van der Waals surface area contributed by atoms with E-state index in [1.165, 1.54) is 12.3 Å². The number of aromatic nitrogens is 1. The van der Waals surface area contributed by atoms with Gasteiger partial charge < -0.3 is 14.6 Å². The molecule has 0 unspecified atom stereocenters. The third kappa shape index (κ3) is 6.09. The summed E-state index contributed by atoms with van der Waals surface area (Å²) in [5.41, 5.74) is 0.828. The van der Waals surface area contributed by atoms with Gasteiger partial charge in [-0.05, 0) is 24.5 Å². The predicted molar refractivity (Wildman–Crippen MR) is 101 cm³/mol. The summed E-state index contributed by atoms with van der Waals surface area (Å²) in [6, 6.07) is 10.7. The summed E-state index contributed by atoms with van der Waals surface area (Å²) in [6.45, 7) is 4.25. The SMILES string of the molecule is CCCC(CCC)OC(=O)c1cnc(C(=O)O)c(OCc2ccccc2)c1. The number of pyridine rings is 1. The van der Waals surface area contributed by atoms with Crippen LogP contribution in [0.4, 0.5) is 0 Å². The number of carbonyl (C=O) groups excluding carboxylic acids is 1. The van der Waals surface area contributed by atoms with Gasteiger partial charge in [-0.25, -0.2) is 14.6 Å². The van der Waals surface area contributed by atoms with Crippen LogP contribution in [0.1, 0.15) is 65.9 Å². The van der Waals surface area contributed by atoms with Gasteiger partial charge in [0, 0.05) is 6.20 Å². The van der Waals surface area contributed by atoms with Gasteiger partial charge in [0.15, 0.2) is 11.4 Å². The van der Waals surface area contributed by atoms with E-state index in [1.54, 1.807) is 0 Å². The standard InChI is InChI=1S/C21H25NO5/c1-3-8-17(9-4-2)27-21(25)16-12-18(19(20(23)24)22-13-16)26-14-15-10-6-5-7-11-15/h5-7,10-13,17H,3-4,8-9,14H2,1-2H3,(H,23,24). The largest absolute Gasteiger partial charge is 0.486 e. The lowest BCUT2D eigenvalue weighted by molar-refractivity contribution is 0.0256. The van der Waals surface area contributed by atoms with Crippen molar-refractivity contribution in [3.05, 3.63) is 59.4 Å². The maximum Gasteiger partial charge on any atom is 0.358 e. The van der Waals surface area contributed by atoms with Crippen molar-refractivity contribution < 1.29 is 24.2 Å². The number of rotatable bonds is 10. The summed E-state index contributed by atoms with van der Waals surface area (Å²) < 4.78 is 11.2. The van der Waals surface area contributed by atoms with Crippen molar-refractivity contribution >= 4 is 11.9 Å². The molecule has 0 aliphatic heterocycles. The van der Waals surface area contributed by atoms with Crippen LogP contribution in [-0.2, 0) is 11.3 Å².